The molecule has 366 valence electrons. The van der Waals surface area contributed by atoms with Gasteiger partial charge in [0.25, 0.3) is 0 Å². The van der Waals surface area contributed by atoms with E-state index in [4.69, 9.17) is 24.4 Å². The maximum Gasteiger partial charge on any atom is 0.474 e. The van der Waals surface area contributed by atoms with Gasteiger partial charge in [-0.1, -0.05) is 226 Å². The van der Waals surface area contributed by atoms with E-state index in [1.54, 1.807) is 4.90 Å². The number of phosphoric ester groups is 1. The molecule has 0 aromatic rings. The van der Waals surface area contributed by atoms with E-state index >= 15 is 0 Å². The van der Waals surface area contributed by atoms with E-state index in [1.165, 1.54) is 186 Å². The van der Waals surface area contributed by atoms with Crippen LogP contribution in [0.1, 0.15) is 272 Å². The fraction of sp³-hybridized carbons (Fsp3) is 0.942. The Morgan fingerprint density at radius 2 is 0.754 bits per heavy atom. The summed E-state index contributed by atoms with van der Waals surface area (Å²) in [6.45, 7) is 11.9. The van der Waals surface area contributed by atoms with Crippen LogP contribution in [0.4, 0.5) is 0 Å². The molecule has 1 amide bonds. The molecule has 0 spiro atoms. The minimum absolute atomic E-state index is 0.0120. The van der Waals surface area contributed by atoms with Crippen molar-refractivity contribution in [2.45, 2.75) is 272 Å². The highest BCUT2D eigenvalue weighted by Gasteiger charge is 2.26. The van der Waals surface area contributed by atoms with Crippen molar-refractivity contribution >= 4 is 13.7 Å². The number of aliphatic hydroxyl groups is 1. The SMILES string of the molecule is CCCCCCCC/C=C\CCCCCCCC(=O)N(CCN)CCO.CCCCCCCCCCOP(=O)(OCCCCCCCCCC)OCCCCCCCCCC. The van der Waals surface area contributed by atoms with Crippen molar-refractivity contribution in [1.29, 1.82) is 0 Å². The minimum Gasteiger partial charge on any atom is -0.395 e. The predicted molar refractivity (Wildman–Crippen MR) is 265 cm³/mol. The second kappa shape index (κ2) is 53.6. The summed E-state index contributed by atoms with van der Waals surface area (Å²) < 4.78 is 30.4. The normalized spacial score (nSPS) is 11.7. The highest BCUT2D eigenvalue weighted by molar-refractivity contribution is 7.48. The van der Waals surface area contributed by atoms with E-state index < -0.39 is 7.82 Å². The maximum atomic E-state index is 13.2. The molecule has 0 saturated carbocycles. The van der Waals surface area contributed by atoms with Crippen LogP contribution in [0.3, 0.4) is 0 Å². The third-order valence-electron chi connectivity index (χ3n) is 11.5. The highest BCUT2D eigenvalue weighted by atomic mass is 31.2. The Morgan fingerprint density at radius 3 is 1.07 bits per heavy atom. The van der Waals surface area contributed by atoms with Gasteiger partial charge in [0.15, 0.2) is 0 Å². The summed E-state index contributed by atoms with van der Waals surface area (Å²) in [6, 6.07) is 0. The van der Waals surface area contributed by atoms with Gasteiger partial charge in [0, 0.05) is 26.1 Å². The molecule has 0 atom stereocenters. The lowest BCUT2D eigenvalue weighted by Crippen LogP contribution is -2.37. The zero-order chi connectivity index (χ0) is 45.0. The topological polar surface area (TPSA) is 111 Å². The van der Waals surface area contributed by atoms with Crippen molar-refractivity contribution in [2.75, 3.05) is 46.1 Å². The molecule has 9 heteroatoms. The number of rotatable bonds is 49. The van der Waals surface area contributed by atoms with Crippen LogP contribution in [-0.4, -0.2) is 62.0 Å². The first-order valence-electron chi connectivity index (χ1n) is 26.7. The number of allylic oxidation sites excluding steroid dienone is 2. The smallest absolute Gasteiger partial charge is 0.395 e. The number of hydrogen-bond donors (Lipinski definition) is 2. The molecule has 0 aromatic carbocycles. The second-order valence-corrected chi connectivity index (χ2v) is 19.3. The van der Waals surface area contributed by atoms with E-state index in [-0.39, 0.29) is 12.5 Å². The molecule has 0 radical (unpaired) electrons. The minimum atomic E-state index is -3.43. The average molecular weight is 887 g/mol. The first-order chi connectivity index (χ1) is 29.9. The molecule has 0 aliphatic heterocycles. The Kier molecular flexibility index (Phi) is 54.7. The van der Waals surface area contributed by atoms with Crippen molar-refractivity contribution in [3.63, 3.8) is 0 Å². The molecular formula is C52H107N2O6P. The van der Waals surface area contributed by atoms with Gasteiger partial charge in [-0.15, -0.1) is 0 Å². The van der Waals surface area contributed by atoms with Gasteiger partial charge in [0.1, 0.15) is 0 Å². The Bertz CT molecular complexity index is 854. The first kappa shape index (κ1) is 62.3. The summed E-state index contributed by atoms with van der Waals surface area (Å²) in [4.78, 5) is 13.7. The summed E-state index contributed by atoms with van der Waals surface area (Å²) in [6.07, 6.45) is 51.4. The van der Waals surface area contributed by atoms with E-state index in [1.807, 2.05) is 0 Å². The number of aliphatic hydroxyl groups excluding tert-OH is 1. The van der Waals surface area contributed by atoms with E-state index in [0.29, 0.717) is 45.9 Å². The van der Waals surface area contributed by atoms with Gasteiger partial charge < -0.3 is 15.7 Å². The standard InChI is InChI=1S/C30H63O4P.C22H44N2O2/c1-4-7-10-13-16-19-22-25-28-32-35(31,33-29-26-23-20-17-14-11-8-5-2)34-30-27-24-21-18-15-12-9-6-3;1-2-3-4-5-6-7-8-9-10-11-12-13-14-15-16-17-22(26)24(19-18-23)20-21-25/h4-30H2,1-3H3;9-10,25H,2-8,11-21,23H2,1H3/b;10-9-. The van der Waals surface area contributed by atoms with Gasteiger partial charge >= 0.3 is 7.82 Å². The number of carbonyl (C=O) groups excluding carboxylic acids is 1. The van der Waals surface area contributed by atoms with Crippen LogP contribution in [0.25, 0.3) is 0 Å². The van der Waals surface area contributed by atoms with Gasteiger partial charge in [-0.2, -0.15) is 0 Å². The molecule has 0 unspecified atom stereocenters. The van der Waals surface area contributed by atoms with Gasteiger partial charge in [-0.05, 0) is 51.4 Å². The molecule has 61 heavy (non-hydrogen) atoms. The van der Waals surface area contributed by atoms with E-state index in [9.17, 15) is 9.36 Å². The third kappa shape index (κ3) is 50.1. The number of phosphoric acid groups is 1. The Hall–Kier alpha value is -0.760. The van der Waals surface area contributed by atoms with Crippen LogP contribution in [0, 0.1) is 0 Å². The quantitative estimate of drug-likeness (QED) is 0.0355. The van der Waals surface area contributed by atoms with Gasteiger partial charge in [-0.25, -0.2) is 4.57 Å². The molecule has 0 aliphatic carbocycles. The number of carbonyl (C=O) groups is 1. The van der Waals surface area contributed by atoms with Crippen molar-refractivity contribution in [3.05, 3.63) is 12.2 Å². The fourth-order valence-electron chi connectivity index (χ4n) is 7.49. The maximum absolute atomic E-state index is 13.2. The van der Waals surface area contributed by atoms with Gasteiger partial charge in [-0.3, -0.25) is 18.4 Å². The van der Waals surface area contributed by atoms with Crippen molar-refractivity contribution < 1.29 is 28.0 Å². The number of nitrogens with two attached hydrogens (primary N) is 1. The lowest BCUT2D eigenvalue weighted by Gasteiger charge is -2.20. The Morgan fingerprint density at radius 1 is 0.459 bits per heavy atom. The van der Waals surface area contributed by atoms with Gasteiger partial charge in [0.2, 0.25) is 5.91 Å². The molecular weight excluding hydrogens is 780 g/mol. The molecule has 3 N–H and O–H groups in total. The monoisotopic (exact) mass is 887 g/mol. The number of amides is 1. The molecule has 8 nitrogen and oxygen atoms in total. The Balaban J connectivity index is 0. The van der Waals surface area contributed by atoms with Crippen LogP contribution < -0.4 is 5.73 Å². The summed E-state index contributed by atoms with van der Waals surface area (Å²) in [5.41, 5.74) is 5.50. The molecule has 0 aromatic heterocycles. The van der Waals surface area contributed by atoms with Crippen LogP contribution in [0.15, 0.2) is 12.2 Å². The molecule has 0 saturated heterocycles. The lowest BCUT2D eigenvalue weighted by molar-refractivity contribution is -0.131. The number of nitrogens with zero attached hydrogens (tertiary/aromatic N) is 1. The summed E-state index contributed by atoms with van der Waals surface area (Å²) >= 11 is 0. The lowest BCUT2D eigenvalue weighted by atomic mass is 10.1. The van der Waals surface area contributed by atoms with Crippen LogP contribution in [0.2, 0.25) is 0 Å². The molecule has 0 fully saturated rings. The third-order valence-corrected chi connectivity index (χ3v) is 13.0. The fourth-order valence-corrected chi connectivity index (χ4v) is 8.77. The summed E-state index contributed by atoms with van der Waals surface area (Å²) in [7, 11) is -3.43. The molecule has 0 heterocycles. The zero-order valence-electron chi connectivity index (χ0n) is 41.4. The Labute approximate surface area is 381 Å². The first-order valence-corrected chi connectivity index (χ1v) is 28.2. The van der Waals surface area contributed by atoms with E-state index in [0.717, 1.165) is 51.4 Å². The largest absolute Gasteiger partial charge is 0.474 e. The predicted octanol–water partition coefficient (Wildman–Crippen LogP) is 16.4. The molecule has 0 rings (SSSR count). The zero-order valence-corrected chi connectivity index (χ0v) is 42.3. The summed E-state index contributed by atoms with van der Waals surface area (Å²) in [5, 5.41) is 8.98. The van der Waals surface area contributed by atoms with Crippen LogP contribution >= 0.6 is 7.82 Å². The van der Waals surface area contributed by atoms with Crippen LogP contribution in [-0.2, 0) is 22.9 Å². The highest BCUT2D eigenvalue weighted by Crippen LogP contribution is 2.50. The average Bonchev–Trinajstić information content (AvgIpc) is 3.26. The van der Waals surface area contributed by atoms with E-state index in [2.05, 4.69) is 39.8 Å². The van der Waals surface area contributed by atoms with Crippen LogP contribution in [0.5, 0.6) is 0 Å². The van der Waals surface area contributed by atoms with Crippen molar-refractivity contribution in [2.24, 2.45) is 5.73 Å². The molecule has 0 bridgehead atoms. The number of unbranched alkanes of at least 4 members (excludes halogenated alkanes) is 32. The summed E-state index contributed by atoms with van der Waals surface area (Å²) in [5.74, 6) is 0.127. The number of hydrogen-bond acceptors (Lipinski definition) is 7. The van der Waals surface area contributed by atoms with Crippen molar-refractivity contribution in [1.82, 2.24) is 4.90 Å². The van der Waals surface area contributed by atoms with Crippen molar-refractivity contribution in [3.8, 4) is 0 Å². The van der Waals surface area contributed by atoms with Gasteiger partial charge in [0.05, 0.1) is 26.4 Å². The molecule has 0 aliphatic rings. The second-order valence-electron chi connectivity index (χ2n) is 17.6.